The highest BCUT2D eigenvalue weighted by Crippen LogP contribution is 2.59. The lowest BCUT2D eigenvalue weighted by Crippen LogP contribution is -2.19. The van der Waals surface area contributed by atoms with Gasteiger partial charge in [-0.15, -0.1) is 0 Å². The van der Waals surface area contributed by atoms with Gasteiger partial charge in [-0.25, -0.2) is 0 Å². The number of nitrogens with zero attached hydrogens (tertiary/aromatic N) is 2. The van der Waals surface area contributed by atoms with E-state index >= 15 is 0 Å². The molecule has 0 radical (unpaired) electrons. The van der Waals surface area contributed by atoms with E-state index in [-0.39, 0.29) is 5.41 Å². The van der Waals surface area contributed by atoms with Gasteiger partial charge in [-0.05, 0) is 153 Å². The summed E-state index contributed by atoms with van der Waals surface area (Å²) in [5.74, 6) is 0.528. The number of anilines is 6. The molecule has 0 heterocycles. The normalized spacial score (nSPS) is 17.2. The maximum atomic E-state index is 2.47. The summed E-state index contributed by atoms with van der Waals surface area (Å²) >= 11 is 0. The molecule has 8 aromatic carbocycles. The van der Waals surface area contributed by atoms with E-state index in [0.29, 0.717) is 5.92 Å². The smallest absolute Gasteiger partial charge is 0.0465 e. The molecular weight excluding hydrogens is 737 g/mol. The van der Waals surface area contributed by atoms with E-state index in [4.69, 9.17) is 0 Å². The minimum atomic E-state index is 0.0677. The highest BCUT2D eigenvalue weighted by molar-refractivity contribution is 5.90. The highest BCUT2D eigenvalue weighted by atomic mass is 15.1. The SMILES string of the molecule is CC12CCC3C=CC=CC(=C31)c1ccc(N(c3ccccc3)c3ccc(-c4cccc(-c5ccc(N(c6ccccc6)c6ccc(-c7ccccc7)cc6)cc5)c4)cc3)cc12. The van der Waals surface area contributed by atoms with Crippen LogP contribution in [0.5, 0.6) is 0 Å². The number of benzene rings is 8. The molecule has 2 atom stereocenters. The van der Waals surface area contributed by atoms with E-state index in [2.05, 4.69) is 247 Å². The Morgan fingerprint density at radius 1 is 0.410 bits per heavy atom. The largest absolute Gasteiger partial charge is 0.311 e. The van der Waals surface area contributed by atoms with E-state index < -0.39 is 0 Å². The van der Waals surface area contributed by atoms with Crippen LogP contribution < -0.4 is 9.80 Å². The first-order valence-corrected chi connectivity index (χ1v) is 21.5. The Kier molecular flexibility index (Phi) is 9.20. The zero-order valence-electron chi connectivity index (χ0n) is 34.3. The van der Waals surface area contributed by atoms with Crippen LogP contribution in [0.1, 0.15) is 30.9 Å². The molecule has 0 aromatic heterocycles. The van der Waals surface area contributed by atoms with E-state index in [1.165, 1.54) is 68.6 Å². The average Bonchev–Trinajstić information content (AvgIpc) is 3.66. The van der Waals surface area contributed by atoms with Crippen molar-refractivity contribution < 1.29 is 0 Å². The number of fused-ring (bicyclic) bond motifs is 3. The van der Waals surface area contributed by atoms with Crippen molar-refractivity contribution in [2.24, 2.45) is 5.92 Å². The second-order valence-electron chi connectivity index (χ2n) is 16.7. The number of hydrogen-bond donors (Lipinski definition) is 0. The molecule has 2 heteroatoms. The second kappa shape index (κ2) is 15.3. The van der Waals surface area contributed by atoms with Crippen LogP contribution in [0.3, 0.4) is 0 Å². The Bertz CT molecular complexity index is 2940. The van der Waals surface area contributed by atoms with Gasteiger partial charge in [0.25, 0.3) is 0 Å². The maximum Gasteiger partial charge on any atom is 0.0465 e. The average molecular weight is 783 g/mol. The molecule has 0 aliphatic heterocycles. The monoisotopic (exact) mass is 782 g/mol. The third kappa shape index (κ3) is 6.62. The van der Waals surface area contributed by atoms with Crippen LogP contribution in [-0.2, 0) is 5.41 Å². The highest BCUT2D eigenvalue weighted by Gasteiger charge is 2.48. The van der Waals surface area contributed by atoms with Crippen LogP contribution in [0.15, 0.2) is 236 Å². The molecule has 0 saturated heterocycles. The molecule has 292 valence electrons. The molecular formula is C59H46N2. The first-order chi connectivity index (χ1) is 30.1. The predicted molar refractivity (Wildman–Crippen MR) is 257 cm³/mol. The molecule has 0 spiro atoms. The first kappa shape index (κ1) is 36.6. The van der Waals surface area contributed by atoms with Gasteiger partial charge in [-0.1, -0.05) is 159 Å². The molecule has 0 N–H and O–H groups in total. The van der Waals surface area contributed by atoms with Gasteiger partial charge in [0.15, 0.2) is 0 Å². The van der Waals surface area contributed by atoms with Gasteiger partial charge in [-0.2, -0.15) is 0 Å². The van der Waals surface area contributed by atoms with Gasteiger partial charge in [0.1, 0.15) is 0 Å². The maximum absolute atomic E-state index is 2.47. The lowest BCUT2D eigenvalue weighted by atomic mass is 9.79. The minimum Gasteiger partial charge on any atom is -0.311 e. The number of allylic oxidation sites excluding steroid dienone is 6. The van der Waals surface area contributed by atoms with Gasteiger partial charge in [0.2, 0.25) is 0 Å². The molecule has 0 amide bonds. The van der Waals surface area contributed by atoms with Crippen molar-refractivity contribution in [3.8, 4) is 33.4 Å². The Balaban J connectivity index is 0.880. The lowest BCUT2D eigenvalue weighted by Gasteiger charge is -2.29. The lowest BCUT2D eigenvalue weighted by molar-refractivity contribution is 0.582. The fourth-order valence-electron chi connectivity index (χ4n) is 10.1. The van der Waals surface area contributed by atoms with E-state index in [1.54, 1.807) is 5.57 Å². The third-order valence-corrected chi connectivity index (χ3v) is 13.1. The predicted octanol–water partition coefficient (Wildman–Crippen LogP) is 16.2. The second-order valence-corrected chi connectivity index (χ2v) is 16.7. The first-order valence-electron chi connectivity index (χ1n) is 21.5. The van der Waals surface area contributed by atoms with E-state index in [9.17, 15) is 0 Å². The Hall–Kier alpha value is -7.42. The fourth-order valence-corrected chi connectivity index (χ4v) is 10.1. The van der Waals surface area contributed by atoms with Crippen LogP contribution in [0.25, 0.3) is 39.0 Å². The molecule has 61 heavy (non-hydrogen) atoms. The summed E-state index contributed by atoms with van der Waals surface area (Å²) in [5, 5.41) is 0. The summed E-state index contributed by atoms with van der Waals surface area (Å²) in [6.07, 6.45) is 11.6. The molecule has 1 fully saturated rings. The van der Waals surface area contributed by atoms with Gasteiger partial charge < -0.3 is 9.80 Å². The number of hydrogen-bond acceptors (Lipinski definition) is 2. The van der Waals surface area contributed by atoms with Gasteiger partial charge >= 0.3 is 0 Å². The Morgan fingerprint density at radius 3 is 1.41 bits per heavy atom. The van der Waals surface area contributed by atoms with E-state index in [1.807, 2.05) is 0 Å². The van der Waals surface area contributed by atoms with Crippen molar-refractivity contribution in [3.05, 3.63) is 247 Å². The molecule has 3 aliphatic carbocycles. The van der Waals surface area contributed by atoms with Crippen molar-refractivity contribution in [2.75, 3.05) is 9.80 Å². The van der Waals surface area contributed by atoms with Crippen LogP contribution in [0, 0.1) is 5.92 Å². The molecule has 3 aliphatic rings. The van der Waals surface area contributed by atoms with E-state index in [0.717, 1.165) is 28.4 Å². The summed E-state index contributed by atoms with van der Waals surface area (Å²) in [4.78, 5) is 4.73. The topological polar surface area (TPSA) is 6.48 Å². The van der Waals surface area contributed by atoms with Crippen LogP contribution in [0.2, 0.25) is 0 Å². The van der Waals surface area contributed by atoms with Crippen molar-refractivity contribution in [1.29, 1.82) is 0 Å². The summed E-state index contributed by atoms with van der Waals surface area (Å²) in [6.45, 7) is 2.47. The summed E-state index contributed by atoms with van der Waals surface area (Å²) in [5.41, 5.74) is 20.0. The Labute approximate surface area is 359 Å². The van der Waals surface area contributed by atoms with Crippen LogP contribution in [-0.4, -0.2) is 0 Å². The van der Waals surface area contributed by atoms with Crippen molar-refractivity contribution in [3.63, 3.8) is 0 Å². The molecule has 8 aromatic rings. The molecule has 1 saturated carbocycles. The minimum absolute atomic E-state index is 0.0677. The van der Waals surface area contributed by atoms with Crippen molar-refractivity contribution in [1.82, 2.24) is 0 Å². The Morgan fingerprint density at radius 2 is 0.852 bits per heavy atom. The van der Waals surface area contributed by atoms with Crippen LogP contribution in [0.4, 0.5) is 34.1 Å². The molecule has 2 unspecified atom stereocenters. The summed E-state index contributed by atoms with van der Waals surface area (Å²) in [7, 11) is 0. The van der Waals surface area contributed by atoms with Crippen LogP contribution >= 0.6 is 0 Å². The van der Waals surface area contributed by atoms with Crippen molar-refractivity contribution >= 4 is 39.7 Å². The molecule has 11 rings (SSSR count). The quantitative estimate of drug-likeness (QED) is 0.144. The summed E-state index contributed by atoms with van der Waals surface area (Å²) < 4.78 is 0. The number of para-hydroxylation sites is 2. The standard InChI is InChI=1S/C59H46N2/c1-59-39-38-46-16-11-12-23-56(58(46)59)55-37-36-54(41-57(55)59)61(50-21-9-4-10-22-50)53-34-28-45(29-35-53)48-18-13-17-47(40-48)44-26-32-52(33-27-44)60(49-19-7-3-8-20-49)51-30-24-43(25-31-51)42-14-5-2-6-15-42/h2-37,40-41,46H,38-39H2,1H3. The zero-order valence-corrected chi connectivity index (χ0v) is 34.3. The van der Waals surface area contributed by atoms with Crippen molar-refractivity contribution in [2.45, 2.75) is 25.2 Å². The van der Waals surface area contributed by atoms with Gasteiger partial charge in [0.05, 0.1) is 0 Å². The zero-order chi connectivity index (χ0) is 40.8. The fraction of sp³-hybridized carbons (Fsp3) is 0.0847. The molecule has 2 nitrogen and oxygen atoms in total. The van der Waals surface area contributed by atoms with Gasteiger partial charge in [0, 0.05) is 39.5 Å². The third-order valence-electron chi connectivity index (χ3n) is 13.1. The number of rotatable bonds is 9. The molecule has 0 bridgehead atoms. The summed E-state index contributed by atoms with van der Waals surface area (Å²) in [6, 6.07) is 74.9. The van der Waals surface area contributed by atoms with Gasteiger partial charge in [-0.3, -0.25) is 0 Å².